The standard InChI is InChI=1S/C6H5NOS/c8-6-2-1-4-7-9-5-3-6/h1-5H/b2-1-,5-3-,7-4-. The van der Waals surface area contributed by atoms with Gasteiger partial charge in [0.25, 0.3) is 0 Å². The van der Waals surface area contributed by atoms with Gasteiger partial charge in [-0.2, -0.15) is 0 Å². The first-order valence-corrected chi connectivity index (χ1v) is 3.29. The molecule has 2 nitrogen and oxygen atoms in total. The van der Waals surface area contributed by atoms with Crippen LogP contribution >= 0.6 is 11.9 Å². The van der Waals surface area contributed by atoms with Crippen molar-refractivity contribution in [2.45, 2.75) is 0 Å². The minimum atomic E-state index is 0.00801. The summed E-state index contributed by atoms with van der Waals surface area (Å²) in [6.45, 7) is 0. The summed E-state index contributed by atoms with van der Waals surface area (Å²) in [5.74, 6) is 0.00801. The van der Waals surface area contributed by atoms with Crippen LogP contribution in [0.2, 0.25) is 0 Å². The van der Waals surface area contributed by atoms with Crippen molar-refractivity contribution in [2.24, 2.45) is 4.40 Å². The molecule has 0 unspecified atom stereocenters. The van der Waals surface area contributed by atoms with Crippen molar-refractivity contribution in [3.05, 3.63) is 23.6 Å². The number of carbonyl (C=O) groups excluding carboxylic acids is 1. The second-order valence-electron chi connectivity index (χ2n) is 1.42. The third-order valence-corrected chi connectivity index (χ3v) is 1.26. The van der Waals surface area contributed by atoms with Crippen LogP contribution < -0.4 is 0 Å². The molecule has 0 amide bonds. The zero-order valence-corrected chi connectivity index (χ0v) is 5.47. The molecular weight excluding hydrogens is 134 g/mol. The summed E-state index contributed by atoms with van der Waals surface area (Å²) in [4.78, 5) is 10.6. The molecule has 0 aromatic carbocycles. The molecule has 3 heteroatoms. The summed E-state index contributed by atoms with van der Waals surface area (Å²) >= 11 is 1.25. The molecule has 9 heavy (non-hydrogen) atoms. The van der Waals surface area contributed by atoms with Gasteiger partial charge in [0, 0.05) is 18.2 Å². The molecule has 46 valence electrons. The van der Waals surface area contributed by atoms with E-state index >= 15 is 0 Å². The second kappa shape index (κ2) is 3.25. The van der Waals surface area contributed by atoms with E-state index in [0.29, 0.717) is 0 Å². The number of hydrogen-bond donors (Lipinski definition) is 0. The Hall–Kier alpha value is -0.830. The molecule has 0 spiro atoms. The highest BCUT2D eigenvalue weighted by atomic mass is 32.2. The van der Waals surface area contributed by atoms with Gasteiger partial charge >= 0.3 is 0 Å². The van der Waals surface area contributed by atoms with E-state index in [9.17, 15) is 4.79 Å². The summed E-state index contributed by atoms with van der Waals surface area (Å²) in [6.07, 6.45) is 6.17. The highest BCUT2D eigenvalue weighted by molar-refractivity contribution is 8.01. The van der Waals surface area contributed by atoms with Gasteiger partial charge < -0.3 is 0 Å². The van der Waals surface area contributed by atoms with Crippen LogP contribution in [0.5, 0.6) is 0 Å². The van der Waals surface area contributed by atoms with Gasteiger partial charge in [-0.15, -0.1) is 0 Å². The molecule has 0 atom stereocenters. The van der Waals surface area contributed by atoms with Gasteiger partial charge in [-0.05, 0) is 23.6 Å². The summed E-state index contributed by atoms with van der Waals surface area (Å²) in [5.41, 5.74) is 0. The predicted octanol–water partition coefficient (Wildman–Crippen LogP) is 1.36. The van der Waals surface area contributed by atoms with Crippen LogP contribution in [0.25, 0.3) is 0 Å². The molecule has 0 aromatic heterocycles. The molecule has 0 saturated carbocycles. The molecule has 0 N–H and O–H groups in total. The van der Waals surface area contributed by atoms with Crippen molar-refractivity contribution < 1.29 is 4.79 Å². The van der Waals surface area contributed by atoms with Gasteiger partial charge in [-0.25, -0.2) is 4.40 Å². The minimum absolute atomic E-state index is 0.00801. The molecule has 0 aliphatic carbocycles. The van der Waals surface area contributed by atoms with E-state index < -0.39 is 0 Å². The van der Waals surface area contributed by atoms with Gasteiger partial charge in [-0.1, -0.05) is 0 Å². The summed E-state index contributed by atoms with van der Waals surface area (Å²) in [5, 5.41) is 1.66. The molecular formula is C6H5NOS. The third-order valence-electron chi connectivity index (χ3n) is 0.761. The Morgan fingerprint density at radius 1 is 1.44 bits per heavy atom. The van der Waals surface area contributed by atoms with Crippen molar-refractivity contribution in [1.29, 1.82) is 0 Å². The van der Waals surface area contributed by atoms with Gasteiger partial charge in [-0.3, -0.25) is 4.79 Å². The first-order chi connectivity index (χ1) is 4.39. The third kappa shape index (κ3) is 2.28. The zero-order chi connectivity index (χ0) is 6.53. The molecule has 0 fully saturated rings. The highest BCUT2D eigenvalue weighted by Crippen LogP contribution is 2.03. The maximum Gasteiger partial charge on any atom is 0.179 e. The van der Waals surface area contributed by atoms with Crippen LogP contribution in [0.15, 0.2) is 28.0 Å². The number of ketones is 1. The normalized spacial score (nSPS) is 28.2. The van der Waals surface area contributed by atoms with E-state index in [1.807, 2.05) is 0 Å². The maximum absolute atomic E-state index is 10.6. The topological polar surface area (TPSA) is 29.4 Å². The fourth-order valence-corrected chi connectivity index (χ4v) is 0.802. The molecule has 1 heterocycles. The maximum atomic E-state index is 10.6. The summed E-state index contributed by atoms with van der Waals surface area (Å²) < 4.78 is 3.83. The van der Waals surface area contributed by atoms with Gasteiger partial charge in [0.1, 0.15) is 0 Å². The Kier molecular flexibility index (Phi) is 2.27. The zero-order valence-electron chi connectivity index (χ0n) is 4.65. The van der Waals surface area contributed by atoms with E-state index in [1.165, 1.54) is 24.1 Å². The Morgan fingerprint density at radius 2 is 2.33 bits per heavy atom. The largest absolute Gasteiger partial charge is 0.290 e. The first-order valence-electron chi connectivity index (χ1n) is 2.46. The molecule has 0 radical (unpaired) electrons. The van der Waals surface area contributed by atoms with Crippen molar-refractivity contribution in [3.8, 4) is 0 Å². The first kappa shape index (κ1) is 6.29. The lowest BCUT2D eigenvalue weighted by Crippen LogP contribution is -1.84. The molecule has 0 aromatic rings. The SMILES string of the molecule is O=C1/C=C\C=N/S/C=C\1. The number of carbonyl (C=O) groups is 1. The van der Waals surface area contributed by atoms with Crippen LogP contribution in [0.4, 0.5) is 0 Å². The van der Waals surface area contributed by atoms with E-state index in [2.05, 4.69) is 4.40 Å². The van der Waals surface area contributed by atoms with E-state index in [-0.39, 0.29) is 5.78 Å². The molecule has 1 aliphatic heterocycles. The highest BCUT2D eigenvalue weighted by Gasteiger charge is 1.87. The summed E-state index contributed by atoms with van der Waals surface area (Å²) in [7, 11) is 0. The number of nitrogens with zero attached hydrogens (tertiary/aromatic N) is 1. The molecule has 1 aliphatic rings. The Labute approximate surface area is 57.5 Å². The Balaban J connectivity index is 2.72. The molecule has 1 rings (SSSR count). The lowest BCUT2D eigenvalue weighted by Gasteiger charge is -1.84. The second-order valence-corrected chi connectivity index (χ2v) is 2.12. The van der Waals surface area contributed by atoms with Crippen LogP contribution in [-0.2, 0) is 4.79 Å². The fourth-order valence-electron chi connectivity index (χ4n) is 0.396. The number of rotatable bonds is 0. The Morgan fingerprint density at radius 3 is 3.22 bits per heavy atom. The monoisotopic (exact) mass is 139 g/mol. The van der Waals surface area contributed by atoms with E-state index in [0.717, 1.165) is 0 Å². The number of hydrogen-bond acceptors (Lipinski definition) is 3. The van der Waals surface area contributed by atoms with Crippen LogP contribution in [-0.4, -0.2) is 12.0 Å². The Bertz CT molecular complexity index is 193. The van der Waals surface area contributed by atoms with Crippen LogP contribution in [0.1, 0.15) is 0 Å². The average molecular weight is 139 g/mol. The van der Waals surface area contributed by atoms with Crippen LogP contribution in [0.3, 0.4) is 0 Å². The lowest BCUT2D eigenvalue weighted by atomic mass is 10.3. The van der Waals surface area contributed by atoms with Gasteiger partial charge in [0.05, 0.1) is 0 Å². The molecule has 0 saturated heterocycles. The smallest absolute Gasteiger partial charge is 0.179 e. The van der Waals surface area contributed by atoms with Gasteiger partial charge in [0.15, 0.2) is 5.78 Å². The van der Waals surface area contributed by atoms with Crippen molar-refractivity contribution in [2.75, 3.05) is 0 Å². The minimum Gasteiger partial charge on any atom is -0.290 e. The lowest BCUT2D eigenvalue weighted by molar-refractivity contribution is -0.110. The summed E-state index contributed by atoms with van der Waals surface area (Å²) in [6, 6.07) is 0. The predicted molar refractivity (Wildman–Crippen MR) is 39.4 cm³/mol. The van der Waals surface area contributed by atoms with Crippen molar-refractivity contribution in [1.82, 2.24) is 0 Å². The van der Waals surface area contributed by atoms with Crippen LogP contribution in [0, 0.1) is 0 Å². The van der Waals surface area contributed by atoms with E-state index in [4.69, 9.17) is 0 Å². The van der Waals surface area contributed by atoms with Gasteiger partial charge in [0.2, 0.25) is 0 Å². The number of allylic oxidation sites excluding steroid dienone is 3. The molecule has 0 bridgehead atoms. The van der Waals surface area contributed by atoms with Crippen molar-refractivity contribution >= 4 is 23.9 Å². The average Bonchev–Trinajstić information content (AvgIpc) is 1.79. The fraction of sp³-hybridized carbons (Fsp3) is 0. The quantitative estimate of drug-likeness (QED) is 0.474. The van der Waals surface area contributed by atoms with Crippen molar-refractivity contribution in [3.63, 3.8) is 0 Å². The van der Waals surface area contributed by atoms with E-state index in [1.54, 1.807) is 17.7 Å².